The fourth-order valence-corrected chi connectivity index (χ4v) is 4.23. The molecule has 8 heteroatoms. The second kappa shape index (κ2) is 5.31. The summed E-state index contributed by atoms with van der Waals surface area (Å²) >= 11 is 0. The van der Waals surface area contributed by atoms with Crippen LogP contribution in [0.2, 0.25) is 0 Å². The molecule has 2 aliphatic rings. The molecule has 2 aromatic rings. The molecule has 0 unspecified atom stereocenters. The van der Waals surface area contributed by atoms with Gasteiger partial charge in [-0.1, -0.05) is 5.21 Å². The van der Waals surface area contributed by atoms with Gasteiger partial charge in [0, 0.05) is 25.2 Å². The predicted octanol–water partition coefficient (Wildman–Crippen LogP) is 1.41. The Balaban J connectivity index is 1.44. The number of hydrogen-bond acceptors (Lipinski definition) is 5. The lowest BCUT2D eigenvalue weighted by molar-refractivity contribution is 0.189. The third-order valence-corrected chi connectivity index (χ3v) is 6.27. The van der Waals surface area contributed by atoms with Crippen molar-refractivity contribution >= 4 is 10.0 Å². The molecule has 1 aromatic carbocycles. The van der Waals surface area contributed by atoms with Gasteiger partial charge in [-0.15, -0.1) is 5.10 Å². The second-order valence-electron chi connectivity index (χ2n) is 6.05. The highest BCUT2D eigenvalue weighted by Gasteiger charge is 2.39. The Morgan fingerprint density at radius 1 is 1.17 bits per heavy atom. The van der Waals surface area contributed by atoms with Crippen molar-refractivity contribution in [2.24, 2.45) is 0 Å². The molecule has 23 heavy (non-hydrogen) atoms. The highest BCUT2D eigenvalue weighted by Crippen LogP contribution is 2.39. The summed E-state index contributed by atoms with van der Waals surface area (Å²) in [6.45, 7) is 0.865. The van der Waals surface area contributed by atoms with Crippen molar-refractivity contribution in [3.8, 4) is 5.75 Å². The molecule has 0 atom stereocenters. The molecule has 1 aliphatic carbocycles. The second-order valence-corrected chi connectivity index (χ2v) is 7.99. The van der Waals surface area contributed by atoms with Crippen LogP contribution >= 0.6 is 0 Å². The van der Waals surface area contributed by atoms with Crippen LogP contribution in [-0.2, 0) is 10.0 Å². The van der Waals surface area contributed by atoms with Crippen molar-refractivity contribution in [2.75, 3.05) is 20.2 Å². The molecule has 2 heterocycles. The van der Waals surface area contributed by atoms with Crippen LogP contribution in [0.1, 0.15) is 30.5 Å². The van der Waals surface area contributed by atoms with Crippen LogP contribution in [0.15, 0.2) is 35.4 Å². The smallest absolute Gasteiger partial charge is 0.243 e. The average molecular weight is 334 g/mol. The van der Waals surface area contributed by atoms with Crippen molar-refractivity contribution in [1.82, 2.24) is 19.3 Å². The molecule has 1 saturated heterocycles. The van der Waals surface area contributed by atoms with Gasteiger partial charge < -0.3 is 4.74 Å². The van der Waals surface area contributed by atoms with Crippen molar-refractivity contribution < 1.29 is 13.2 Å². The zero-order valence-corrected chi connectivity index (χ0v) is 13.6. The SMILES string of the molecule is COc1ccc(S(=O)(=O)N2CC(n3cc(C4CC4)nn3)C2)cc1. The van der Waals surface area contributed by atoms with Gasteiger partial charge in [0.1, 0.15) is 5.75 Å². The van der Waals surface area contributed by atoms with Gasteiger partial charge in [0.05, 0.1) is 23.7 Å². The van der Waals surface area contributed by atoms with E-state index in [1.165, 1.54) is 17.1 Å². The van der Waals surface area contributed by atoms with E-state index in [0.29, 0.717) is 24.8 Å². The van der Waals surface area contributed by atoms with Crippen LogP contribution in [0.4, 0.5) is 0 Å². The van der Waals surface area contributed by atoms with Crippen molar-refractivity contribution in [3.63, 3.8) is 0 Å². The first-order valence-electron chi connectivity index (χ1n) is 7.64. The van der Waals surface area contributed by atoms with E-state index in [2.05, 4.69) is 10.3 Å². The molecule has 1 saturated carbocycles. The topological polar surface area (TPSA) is 77.3 Å². The third-order valence-electron chi connectivity index (χ3n) is 4.42. The first kappa shape index (κ1) is 14.6. The van der Waals surface area contributed by atoms with Crippen LogP contribution in [0.3, 0.4) is 0 Å². The van der Waals surface area contributed by atoms with Gasteiger partial charge in [0.25, 0.3) is 0 Å². The Morgan fingerprint density at radius 3 is 2.48 bits per heavy atom. The van der Waals surface area contributed by atoms with Gasteiger partial charge in [-0.2, -0.15) is 4.31 Å². The minimum absolute atomic E-state index is 0.0722. The van der Waals surface area contributed by atoms with E-state index >= 15 is 0 Å². The van der Waals surface area contributed by atoms with E-state index in [-0.39, 0.29) is 10.9 Å². The molecule has 0 amide bonds. The van der Waals surface area contributed by atoms with Gasteiger partial charge in [-0.25, -0.2) is 13.1 Å². The van der Waals surface area contributed by atoms with E-state index in [4.69, 9.17) is 4.74 Å². The summed E-state index contributed by atoms with van der Waals surface area (Å²) in [5.41, 5.74) is 1.03. The molecule has 0 spiro atoms. The number of rotatable bonds is 5. The molecule has 4 rings (SSSR count). The highest BCUT2D eigenvalue weighted by molar-refractivity contribution is 7.89. The average Bonchev–Trinajstić information content (AvgIpc) is 3.25. The molecule has 0 N–H and O–H groups in total. The van der Waals surface area contributed by atoms with E-state index in [0.717, 1.165) is 5.69 Å². The Labute approximate surface area is 134 Å². The summed E-state index contributed by atoms with van der Waals surface area (Å²) < 4.78 is 33.4. The molecule has 0 bridgehead atoms. The number of hydrogen-bond donors (Lipinski definition) is 0. The van der Waals surface area contributed by atoms with E-state index in [1.807, 2.05) is 6.20 Å². The molecule has 1 aromatic heterocycles. The number of aromatic nitrogens is 3. The molecule has 122 valence electrons. The number of benzene rings is 1. The predicted molar refractivity (Wildman–Crippen MR) is 82.8 cm³/mol. The molecule has 0 radical (unpaired) electrons. The standard InChI is InChI=1S/C15H18N4O3S/c1-22-13-4-6-14(7-5-13)23(20,21)18-8-12(9-18)19-10-15(16-17-19)11-2-3-11/h4-7,10-12H,2-3,8-9H2,1H3. The quantitative estimate of drug-likeness (QED) is 0.826. The van der Waals surface area contributed by atoms with E-state index in [9.17, 15) is 8.42 Å². The summed E-state index contributed by atoms with van der Waals surface area (Å²) in [6.07, 6.45) is 4.32. The van der Waals surface area contributed by atoms with Gasteiger partial charge in [0.15, 0.2) is 0 Å². The normalized spacial score (nSPS) is 19.5. The fraction of sp³-hybridized carbons (Fsp3) is 0.467. The summed E-state index contributed by atoms with van der Waals surface area (Å²) in [5, 5.41) is 8.32. The molecule has 7 nitrogen and oxygen atoms in total. The lowest BCUT2D eigenvalue weighted by Crippen LogP contribution is -2.50. The number of ether oxygens (including phenoxy) is 1. The van der Waals surface area contributed by atoms with Crippen molar-refractivity contribution in [1.29, 1.82) is 0 Å². The van der Waals surface area contributed by atoms with Gasteiger partial charge in [-0.3, -0.25) is 0 Å². The summed E-state index contributed by atoms with van der Waals surface area (Å²) in [6, 6.07) is 6.53. The van der Waals surface area contributed by atoms with E-state index < -0.39 is 10.0 Å². The minimum atomic E-state index is -3.45. The first-order chi connectivity index (χ1) is 11.1. The van der Waals surface area contributed by atoms with Crippen LogP contribution in [0, 0.1) is 0 Å². The van der Waals surface area contributed by atoms with Crippen LogP contribution < -0.4 is 4.74 Å². The summed E-state index contributed by atoms with van der Waals surface area (Å²) in [5.74, 6) is 1.20. The van der Waals surface area contributed by atoms with Crippen LogP contribution in [0.5, 0.6) is 5.75 Å². The maximum Gasteiger partial charge on any atom is 0.243 e. The lowest BCUT2D eigenvalue weighted by atomic mass is 10.2. The largest absolute Gasteiger partial charge is 0.497 e. The number of nitrogens with zero attached hydrogens (tertiary/aromatic N) is 4. The monoisotopic (exact) mass is 334 g/mol. The Bertz CT molecular complexity index is 806. The molecule has 2 fully saturated rings. The van der Waals surface area contributed by atoms with Crippen LogP contribution in [-0.4, -0.2) is 47.9 Å². The maximum absolute atomic E-state index is 12.6. The van der Waals surface area contributed by atoms with Gasteiger partial charge in [-0.05, 0) is 37.1 Å². The fourth-order valence-electron chi connectivity index (χ4n) is 2.71. The van der Waals surface area contributed by atoms with Crippen LogP contribution in [0.25, 0.3) is 0 Å². The van der Waals surface area contributed by atoms with Crippen molar-refractivity contribution in [3.05, 3.63) is 36.2 Å². The summed E-state index contributed by atoms with van der Waals surface area (Å²) in [4.78, 5) is 0.286. The molecular formula is C15H18N4O3S. The third kappa shape index (κ3) is 2.61. The van der Waals surface area contributed by atoms with Gasteiger partial charge in [0.2, 0.25) is 10.0 Å². The van der Waals surface area contributed by atoms with E-state index in [1.54, 1.807) is 36.1 Å². The Kier molecular flexibility index (Phi) is 3.38. The highest BCUT2D eigenvalue weighted by atomic mass is 32.2. The summed E-state index contributed by atoms with van der Waals surface area (Å²) in [7, 11) is -1.90. The zero-order valence-electron chi connectivity index (χ0n) is 12.8. The Morgan fingerprint density at radius 2 is 1.87 bits per heavy atom. The minimum Gasteiger partial charge on any atom is -0.497 e. The molecular weight excluding hydrogens is 316 g/mol. The zero-order chi connectivity index (χ0) is 16.0. The number of sulfonamides is 1. The first-order valence-corrected chi connectivity index (χ1v) is 9.08. The Hall–Kier alpha value is -1.93. The number of methoxy groups -OCH3 is 1. The maximum atomic E-state index is 12.6. The van der Waals surface area contributed by atoms with Crippen molar-refractivity contribution in [2.45, 2.75) is 29.7 Å². The molecule has 1 aliphatic heterocycles. The lowest BCUT2D eigenvalue weighted by Gasteiger charge is -2.37. The van der Waals surface area contributed by atoms with Gasteiger partial charge >= 0.3 is 0 Å².